The van der Waals surface area contributed by atoms with Crippen LogP contribution in [0.2, 0.25) is 5.02 Å². The van der Waals surface area contributed by atoms with Crippen molar-refractivity contribution >= 4 is 34.6 Å². The van der Waals surface area contributed by atoms with Gasteiger partial charge >= 0.3 is 0 Å². The van der Waals surface area contributed by atoms with E-state index in [4.69, 9.17) is 11.6 Å². The van der Waals surface area contributed by atoms with Crippen LogP contribution in [0.25, 0.3) is 0 Å². The molecule has 0 aromatic heterocycles. The highest BCUT2D eigenvalue weighted by molar-refractivity contribution is 6.54. The highest BCUT2D eigenvalue weighted by Gasteiger charge is 2.34. The fraction of sp³-hybridized carbons (Fsp3) is 0.130. The van der Waals surface area contributed by atoms with E-state index in [1.54, 1.807) is 4.90 Å². The van der Waals surface area contributed by atoms with Gasteiger partial charge in [-0.05, 0) is 36.9 Å². The van der Waals surface area contributed by atoms with Crippen molar-refractivity contribution in [1.82, 2.24) is 4.90 Å². The predicted octanol–water partition coefficient (Wildman–Crippen LogP) is 5.04. The summed E-state index contributed by atoms with van der Waals surface area (Å²) in [5.74, 6) is -0.704. The van der Waals surface area contributed by atoms with Crippen LogP contribution in [0.5, 0.6) is 0 Å². The average molecular weight is 408 g/mol. The number of amides is 1. The maximum absolute atomic E-state index is 13.5. The largest absolute Gasteiger partial charge is 0.293 e. The first-order valence-electron chi connectivity index (χ1n) is 9.20. The van der Waals surface area contributed by atoms with Crippen molar-refractivity contribution in [2.24, 2.45) is 4.99 Å². The fourth-order valence-electron chi connectivity index (χ4n) is 3.38. The van der Waals surface area contributed by atoms with Crippen molar-refractivity contribution in [2.45, 2.75) is 6.54 Å². The molecule has 0 radical (unpaired) electrons. The number of halogens is 2. The molecule has 6 heteroatoms. The molecule has 4 rings (SSSR count). The Morgan fingerprint density at radius 3 is 2.52 bits per heavy atom. The Kier molecular flexibility index (Phi) is 5.43. The lowest BCUT2D eigenvalue weighted by molar-refractivity contribution is -0.112. The summed E-state index contributed by atoms with van der Waals surface area (Å²) in [4.78, 5) is 21.4. The molecule has 1 aliphatic heterocycles. The van der Waals surface area contributed by atoms with Crippen LogP contribution in [0.4, 0.5) is 15.8 Å². The molecule has 3 aromatic rings. The summed E-state index contributed by atoms with van der Waals surface area (Å²) in [5.41, 5.74) is 3.51. The summed E-state index contributed by atoms with van der Waals surface area (Å²) in [6, 6.07) is 21.8. The summed E-state index contributed by atoms with van der Waals surface area (Å²) >= 11 is 5.86. The van der Waals surface area contributed by atoms with Crippen LogP contribution in [0.15, 0.2) is 77.8 Å². The molecular weight excluding hydrogens is 389 g/mol. The van der Waals surface area contributed by atoms with Gasteiger partial charge in [0.25, 0.3) is 5.91 Å². The lowest BCUT2D eigenvalue weighted by atomic mass is 10.1. The minimum Gasteiger partial charge on any atom is -0.293 e. The predicted molar refractivity (Wildman–Crippen MR) is 114 cm³/mol. The Balaban J connectivity index is 1.62. The molecule has 3 aromatic carbocycles. The van der Waals surface area contributed by atoms with E-state index >= 15 is 0 Å². The van der Waals surface area contributed by atoms with Gasteiger partial charge in [0.05, 0.1) is 23.1 Å². The average Bonchev–Trinajstić information content (AvgIpc) is 2.97. The Bertz CT molecular complexity index is 1080. The quantitative estimate of drug-likeness (QED) is 0.594. The smallest absolute Gasteiger partial charge is 0.278 e. The van der Waals surface area contributed by atoms with Crippen molar-refractivity contribution in [3.8, 4) is 0 Å². The van der Waals surface area contributed by atoms with Crippen molar-refractivity contribution in [1.29, 1.82) is 0 Å². The van der Waals surface area contributed by atoms with Crippen molar-refractivity contribution in [3.63, 3.8) is 0 Å². The number of para-hydroxylation sites is 1. The van der Waals surface area contributed by atoms with E-state index in [1.165, 1.54) is 23.8 Å². The number of benzene rings is 3. The number of nitrogens with zero attached hydrogens (tertiary/aromatic N) is 3. The molecule has 0 saturated carbocycles. The SMILES string of the molecule is CN(Cc1ccccc1)CN1C(=O)C(=Nc2ccc(F)c(Cl)c2)c2ccccc21. The number of hydrogen-bond donors (Lipinski definition) is 0. The van der Waals surface area contributed by atoms with Gasteiger partial charge in [-0.1, -0.05) is 60.1 Å². The summed E-state index contributed by atoms with van der Waals surface area (Å²) in [6.07, 6.45) is 0. The van der Waals surface area contributed by atoms with Crippen LogP contribution in [0, 0.1) is 5.82 Å². The number of aliphatic imine (C=N–C) groups is 1. The third-order valence-electron chi connectivity index (χ3n) is 4.72. The molecule has 0 N–H and O–H groups in total. The lowest BCUT2D eigenvalue weighted by Gasteiger charge is -2.24. The number of anilines is 1. The second-order valence-corrected chi connectivity index (χ2v) is 7.36. The zero-order valence-electron chi connectivity index (χ0n) is 15.8. The first kappa shape index (κ1) is 19.3. The molecule has 0 aliphatic carbocycles. The molecule has 29 heavy (non-hydrogen) atoms. The summed E-state index contributed by atoms with van der Waals surface area (Å²) in [5, 5.41) is -0.0231. The van der Waals surface area contributed by atoms with E-state index < -0.39 is 5.82 Å². The zero-order chi connectivity index (χ0) is 20.4. The fourth-order valence-corrected chi connectivity index (χ4v) is 3.56. The first-order valence-corrected chi connectivity index (χ1v) is 9.58. The highest BCUT2D eigenvalue weighted by atomic mass is 35.5. The van der Waals surface area contributed by atoms with Gasteiger partial charge in [0.2, 0.25) is 0 Å². The van der Waals surface area contributed by atoms with Crippen LogP contribution in [0.1, 0.15) is 11.1 Å². The molecule has 1 amide bonds. The highest BCUT2D eigenvalue weighted by Crippen LogP contribution is 2.31. The summed E-state index contributed by atoms with van der Waals surface area (Å²) in [6.45, 7) is 1.14. The van der Waals surface area contributed by atoms with Gasteiger partial charge in [0, 0.05) is 12.1 Å². The van der Waals surface area contributed by atoms with Crippen molar-refractivity contribution in [3.05, 3.63) is 94.8 Å². The molecule has 4 nitrogen and oxygen atoms in total. The molecule has 0 bridgehead atoms. The minimum atomic E-state index is -0.516. The molecule has 0 atom stereocenters. The second kappa shape index (κ2) is 8.15. The molecule has 146 valence electrons. The maximum Gasteiger partial charge on any atom is 0.278 e. The molecule has 1 heterocycles. The molecule has 0 fully saturated rings. The Morgan fingerprint density at radius 1 is 1.03 bits per heavy atom. The van der Waals surface area contributed by atoms with Gasteiger partial charge in [-0.3, -0.25) is 14.6 Å². The van der Waals surface area contributed by atoms with Crippen LogP contribution in [-0.4, -0.2) is 30.2 Å². The van der Waals surface area contributed by atoms with Crippen LogP contribution in [0.3, 0.4) is 0 Å². The Morgan fingerprint density at radius 2 is 1.76 bits per heavy atom. The van der Waals surface area contributed by atoms with Gasteiger partial charge in [0.1, 0.15) is 11.5 Å². The van der Waals surface area contributed by atoms with Crippen LogP contribution in [-0.2, 0) is 11.3 Å². The second-order valence-electron chi connectivity index (χ2n) is 6.95. The van der Waals surface area contributed by atoms with E-state index in [0.29, 0.717) is 24.6 Å². The lowest BCUT2D eigenvalue weighted by Crippen LogP contribution is -2.39. The molecule has 1 aliphatic rings. The van der Waals surface area contributed by atoms with E-state index in [0.717, 1.165) is 11.3 Å². The van der Waals surface area contributed by atoms with Crippen molar-refractivity contribution < 1.29 is 9.18 Å². The van der Waals surface area contributed by atoms with E-state index in [2.05, 4.69) is 22.0 Å². The number of carbonyl (C=O) groups is 1. The summed E-state index contributed by atoms with van der Waals surface area (Å²) in [7, 11) is 1.97. The molecule has 0 unspecified atom stereocenters. The topological polar surface area (TPSA) is 35.9 Å². The van der Waals surface area contributed by atoms with E-state index in [9.17, 15) is 9.18 Å². The van der Waals surface area contributed by atoms with Crippen LogP contribution >= 0.6 is 11.6 Å². The minimum absolute atomic E-state index is 0.0231. The van der Waals surface area contributed by atoms with Gasteiger partial charge in [-0.25, -0.2) is 9.38 Å². The normalized spacial score (nSPS) is 14.7. The number of fused-ring (bicyclic) bond motifs is 1. The van der Waals surface area contributed by atoms with Gasteiger partial charge in [0.15, 0.2) is 0 Å². The number of rotatable bonds is 5. The number of carbonyl (C=O) groups excluding carboxylic acids is 1. The van der Waals surface area contributed by atoms with Gasteiger partial charge in [-0.15, -0.1) is 0 Å². The van der Waals surface area contributed by atoms with Gasteiger partial charge < -0.3 is 0 Å². The molecule has 0 spiro atoms. The Labute approximate surface area is 173 Å². The molecular formula is C23H19ClFN3O. The van der Waals surface area contributed by atoms with Crippen molar-refractivity contribution in [2.75, 3.05) is 18.6 Å². The standard InChI is InChI=1S/C23H19ClFN3O/c1-27(14-16-7-3-2-4-8-16)15-28-21-10-6-5-9-18(21)22(23(28)29)26-17-11-12-20(25)19(24)13-17/h2-13H,14-15H2,1H3. The molecule has 0 saturated heterocycles. The third-order valence-corrected chi connectivity index (χ3v) is 5.01. The maximum atomic E-state index is 13.5. The van der Waals surface area contributed by atoms with Crippen LogP contribution < -0.4 is 4.90 Å². The Hall–Kier alpha value is -3.02. The van der Waals surface area contributed by atoms with E-state index in [-0.39, 0.29) is 10.9 Å². The first-order chi connectivity index (χ1) is 14.0. The number of hydrogen-bond acceptors (Lipinski definition) is 3. The third kappa shape index (κ3) is 4.06. The zero-order valence-corrected chi connectivity index (χ0v) is 16.6. The summed E-state index contributed by atoms with van der Waals surface area (Å²) < 4.78 is 13.5. The van der Waals surface area contributed by atoms with E-state index in [1.807, 2.05) is 49.5 Å². The monoisotopic (exact) mass is 407 g/mol. The van der Waals surface area contributed by atoms with Gasteiger partial charge in [-0.2, -0.15) is 0 Å².